The molecule has 2 atom stereocenters. The highest BCUT2D eigenvalue weighted by Crippen LogP contribution is 2.33. The Morgan fingerprint density at radius 1 is 0.942 bits per heavy atom. The van der Waals surface area contributed by atoms with E-state index < -0.39 is 12.1 Å². The number of methoxy groups -OCH3 is 1. The molecule has 11 heteroatoms. The number of hydrogen-bond acceptors (Lipinski definition) is 6. The molecule has 272 valence electrons. The van der Waals surface area contributed by atoms with Crippen molar-refractivity contribution in [2.24, 2.45) is 11.8 Å². The first-order chi connectivity index (χ1) is 25.0. The second-order valence-corrected chi connectivity index (χ2v) is 14.6. The predicted octanol–water partition coefficient (Wildman–Crippen LogP) is 7.64. The fourth-order valence-corrected chi connectivity index (χ4v) is 6.90. The van der Waals surface area contributed by atoms with Gasteiger partial charge in [-0.05, 0) is 77.8 Å². The van der Waals surface area contributed by atoms with Gasteiger partial charge in [-0.3, -0.25) is 9.59 Å². The minimum atomic E-state index is -0.705. The zero-order valence-corrected chi connectivity index (χ0v) is 30.9. The normalized spacial score (nSPS) is 16.3. The number of fused-ring (bicyclic) bond motifs is 2. The number of hydrogen-bond donors (Lipinski definition) is 3. The van der Waals surface area contributed by atoms with Gasteiger partial charge in [-0.2, -0.15) is 0 Å². The Hall–Kier alpha value is -5.45. The summed E-state index contributed by atoms with van der Waals surface area (Å²) >= 11 is 0. The summed E-state index contributed by atoms with van der Waals surface area (Å²) in [7, 11) is 1.29. The Bertz CT molecular complexity index is 2080. The Morgan fingerprint density at radius 3 is 2.27 bits per heavy atom. The second kappa shape index (κ2) is 15.8. The number of carbonyl (C=O) groups is 3. The van der Waals surface area contributed by atoms with E-state index in [-0.39, 0.29) is 17.9 Å². The molecule has 3 N–H and O–H groups in total. The summed E-state index contributed by atoms with van der Waals surface area (Å²) in [4.78, 5) is 56.2. The highest BCUT2D eigenvalue weighted by molar-refractivity contribution is 5.92. The molecule has 1 fully saturated rings. The summed E-state index contributed by atoms with van der Waals surface area (Å²) < 4.78 is 4.75. The summed E-state index contributed by atoms with van der Waals surface area (Å²) in [5.41, 5.74) is 7.05. The lowest BCUT2D eigenvalue weighted by molar-refractivity contribution is -0.135. The van der Waals surface area contributed by atoms with Crippen LogP contribution in [0.1, 0.15) is 65.7 Å². The van der Waals surface area contributed by atoms with Crippen LogP contribution in [0.15, 0.2) is 78.8 Å². The zero-order valence-electron chi connectivity index (χ0n) is 30.9. The van der Waals surface area contributed by atoms with E-state index in [0.717, 1.165) is 69.3 Å². The summed E-state index contributed by atoms with van der Waals surface area (Å²) in [6.45, 7) is 12.4. The minimum absolute atomic E-state index is 0.111. The number of rotatable bonds is 8. The van der Waals surface area contributed by atoms with Gasteiger partial charge in [-0.25, -0.2) is 14.8 Å². The average Bonchev–Trinajstić information content (AvgIpc) is 3.96. The van der Waals surface area contributed by atoms with Gasteiger partial charge in [0, 0.05) is 31.6 Å². The number of amides is 3. The standard InChI is InChI=1S/C32H32N6O3.C9H17NO/c1-18(2)29(37-32(40)41-4)31(39)38-16-19(3)11-28(38)30-35-25-10-9-23(14-26(25)36-30)21-5-6-22-13-24(8-7-20(22)12-21)27-15-33-17-34-27;1-8(2)7-9(11)10-5-3-4-6-10/h5-15,17-18,28-29H,16H2,1-4H3,(H,33,34)(H,35,36)(H,37,40);8H,3-7H2,1-2H3. The number of H-pyrrole nitrogens is 2. The lowest BCUT2D eigenvalue weighted by Crippen LogP contribution is -2.51. The summed E-state index contributed by atoms with van der Waals surface area (Å²) in [6, 6.07) is 17.9. The molecule has 2 aliphatic rings. The third kappa shape index (κ3) is 8.19. The van der Waals surface area contributed by atoms with Crippen molar-refractivity contribution in [3.8, 4) is 22.4 Å². The molecule has 4 heterocycles. The van der Waals surface area contributed by atoms with Crippen molar-refractivity contribution in [1.82, 2.24) is 35.1 Å². The van der Waals surface area contributed by atoms with Crippen LogP contribution < -0.4 is 5.32 Å². The van der Waals surface area contributed by atoms with Crippen molar-refractivity contribution < 1.29 is 19.1 Å². The summed E-state index contributed by atoms with van der Waals surface area (Å²) in [6.07, 6.45) is 8.05. The van der Waals surface area contributed by atoms with Gasteiger partial charge in [-0.15, -0.1) is 0 Å². The van der Waals surface area contributed by atoms with E-state index in [1.807, 2.05) is 44.0 Å². The lowest BCUT2D eigenvalue weighted by Gasteiger charge is -2.30. The van der Waals surface area contributed by atoms with Crippen LogP contribution in [0, 0.1) is 11.8 Å². The maximum Gasteiger partial charge on any atom is 0.407 e. The molecule has 0 radical (unpaired) electrons. The monoisotopic (exact) mass is 703 g/mol. The van der Waals surface area contributed by atoms with E-state index in [4.69, 9.17) is 9.72 Å². The van der Waals surface area contributed by atoms with E-state index in [2.05, 4.69) is 82.6 Å². The van der Waals surface area contributed by atoms with Crippen molar-refractivity contribution in [2.45, 2.75) is 66.0 Å². The quantitative estimate of drug-likeness (QED) is 0.142. The van der Waals surface area contributed by atoms with Crippen LogP contribution in [0.5, 0.6) is 0 Å². The number of nitrogens with one attached hydrogen (secondary N) is 3. The van der Waals surface area contributed by atoms with Crippen LogP contribution >= 0.6 is 0 Å². The molecular formula is C41H49N7O4. The van der Waals surface area contributed by atoms with Gasteiger partial charge in [0.2, 0.25) is 11.8 Å². The summed E-state index contributed by atoms with van der Waals surface area (Å²) in [5, 5.41) is 5.00. The fourth-order valence-electron chi connectivity index (χ4n) is 6.90. The molecule has 1 saturated heterocycles. The van der Waals surface area contributed by atoms with E-state index >= 15 is 0 Å². The lowest BCUT2D eigenvalue weighted by atomic mass is 9.99. The van der Waals surface area contributed by atoms with Gasteiger partial charge in [0.1, 0.15) is 17.9 Å². The Labute approximate surface area is 304 Å². The highest BCUT2D eigenvalue weighted by atomic mass is 16.5. The predicted molar refractivity (Wildman–Crippen MR) is 204 cm³/mol. The number of imidazole rings is 2. The first kappa shape index (κ1) is 36.3. The maximum atomic E-state index is 13.6. The van der Waals surface area contributed by atoms with Gasteiger partial charge in [0.25, 0.3) is 0 Å². The molecule has 2 aliphatic heterocycles. The minimum Gasteiger partial charge on any atom is -0.453 e. The molecular weight excluding hydrogens is 654 g/mol. The average molecular weight is 704 g/mol. The van der Waals surface area contributed by atoms with Crippen LogP contribution in [0.25, 0.3) is 44.2 Å². The third-order valence-corrected chi connectivity index (χ3v) is 9.68. The van der Waals surface area contributed by atoms with E-state index in [1.165, 1.54) is 20.0 Å². The molecule has 3 aromatic carbocycles. The van der Waals surface area contributed by atoms with Crippen molar-refractivity contribution in [3.63, 3.8) is 0 Å². The van der Waals surface area contributed by atoms with E-state index in [0.29, 0.717) is 24.2 Å². The fraction of sp³-hybridized carbons (Fsp3) is 0.390. The molecule has 7 rings (SSSR count). The van der Waals surface area contributed by atoms with Gasteiger partial charge < -0.3 is 29.8 Å². The van der Waals surface area contributed by atoms with Gasteiger partial charge in [0.05, 0.1) is 36.4 Å². The van der Waals surface area contributed by atoms with Gasteiger partial charge in [-0.1, -0.05) is 69.7 Å². The third-order valence-electron chi connectivity index (χ3n) is 9.68. The Balaban J connectivity index is 0.000000362. The van der Waals surface area contributed by atoms with E-state index in [1.54, 1.807) is 11.2 Å². The summed E-state index contributed by atoms with van der Waals surface area (Å²) in [5.74, 6) is 1.25. The molecule has 2 unspecified atom stereocenters. The van der Waals surface area contributed by atoms with Crippen LogP contribution in [0.3, 0.4) is 0 Å². The van der Waals surface area contributed by atoms with Crippen LogP contribution in [-0.2, 0) is 14.3 Å². The smallest absolute Gasteiger partial charge is 0.407 e. The van der Waals surface area contributed by atoms with Crippen LogP contribution in [0.2, 0.25) is 0 Å². The van der Waals surface area contributed by atoms with Gasteiger partial charge >= 0.3 is 6.09 Å². The molecule has 0 bridgehead atoms. The number of aromatic nitrogens is 4. The Morgan fingerprint density at radius 2 is 1.62 bits per heavy atom. The molecule has 3 amide bonds. The van der Waals surface area contributed by atoms with Crippen molar-refractivity contribution in [2.75, 3.05) is 26.7 Å². The Kier molecular flexibility index (Phi) is 11.1. The van der Waals surface area contributed by atoms with Crippen molar-refractivity contribution in [1.29, 1.82) is 0 Å². The zero-order chi connectivity index (χ0) is 36.9. The first-order valence-electron chi connectivity index (χ1n) is 18.1. The number of alkyl carbamates (subject to hydrolysis) is 1. The number of benzene rings is 3. The SMILES string of the molecule is CC(C)CC(=O)N1CCCC1.COC(=O)NC(C(=O)N1CC(C)=CC1c1nc2ccc(-c3ccc4cc(-c5cnc[nH]5)ccc4c3)cc2[nH]1)C(C)C. The molecule has 5 aromatic rings. The number of nitrogens with zero attached hydrogens (tertiary/aromatic N) is 4. The molecule has 11 nitrogen and oxygen atoms in total. The molecule has 0 aliphatic carbocycles. The first-order valence-corrected chi connectivity index (χ1v) is 18.1. The number of carbonyl (C=O) groups excluding carboxylic acids is 3. The largest absolute Gasteiger partial charge is 0.453 e. The topological polar surface area (TPSA) is 136 Å². The number of ether oxygens (including phenoxy) is 1. The van der Waals surface area contributed by atoms with E-state index in [9.17, 15) is 14.4 Å². The highest BCUT2D eigenvalue weighted by Gasteiger charge is 2.37. The second-order valence-electron chi connectivity index (χ2n) is 14.6. The van der Waals surface area contributed by atoms with Gasteiger partial charge in [0.15, 0.2) is 0 Å². The number of likely N-dealkylation sites (tertiary alicyclic amines) is 1. The number of aromatic amines is 2. The molecule has 52 heavy (non-hydrogen) atoms. The maximum absolute atomic E-state index is 13.6. The van der Waals surface area contributed by atoms with Crippen LogP contribution in [0.4, 0.5) is 4.79 Å². The molecule has 2 aromatic heterocycles. The van der Waals surface area contributed by atoms with Crippen molar-refractivity contribution in [3.05, 3.63) is 84.6 Å². The van der Waals surface area contributed by atoms with Crippen molar-refractivity contribution >= 4 is 39.7 Å². The molecule has 0 spiro atoms. The molecule has 0 saturated carbocycles. The van der Waals surface area contributed by atoms with Crippen LogP contribution in [-0.4, -0.2) is 80.4 Å².